The highest BCUT2D eigenvalue weighted by atomic mass is 79.9. The molecule has 7 nitrogen and oxygen atoms in total. The third-order valence-corrected chi connectivity index (χ3v) is 6.24. The first kappa shape index (κ1) is 22.6. The molecule has 32 heavy (non-hydrogen) atoms. The van der Waals surface area contributed by atoms with Gasteiger partial charge in [-0.2, -0.15) is 0 Å². The van der Waals surface area contributed by atoms with Crippen LogP contribution in [-0.4, -0.2) is 73.0 Å². The third-order valence-electron chi connectivity index (χ3n) is 5.71. The van der Waals surface area contributed by atoms with Crippen LogP contribution in [0.5, 0.6) is 0 Å². The summed E-state index contributed by atoms with van der Waals surface area (Å²) in [4.78, 5) is 43.9. The van der Waals surface area contributed by atoms with Gasteiger partial charge in [0.1, 0.15) is 11.9 Å². The topological polar surface area (TPSA) is 70.2 Å². The highest BCUT2D eigenvalue weighted by Gasteiger charge is 2.44. The molecule has 2 saturated heterocycles. The standard InChI is InChI=1S/C23H23BrFN3O4/c24-16-5-7-17(8-6-16)28-21(29)15-20(23(28)31)27(10-9-26-11-13-32-14-12-26)22(30)18-3-1-2-4-19(18)25/h1-8,20H,9-15H2. The number of morpholine rings is 1. The molecule has 0 radical (unpaired) electrons. The van der Waals surface area contributed by atoms with E-state index in [1.54, 1.807) is 30.3 Å². The van der Waals surface area contributed by atoms with Gasteiger partial charge in [-0.15, -0.1) is 0 Å². The lowest BCUT2D eigenvalue weighted by Crippen LogP contribution is -2.49. The van der Waals surface area contributed by atoms with E-state index in [0.717, 1.165) is 9.37 Å². The Morgan fingerprint density at radius 2 is 1.78 bits per heavy atom. The number of anilines is 1. The number of carbonyl (C=O) groups excluding carboxylic acids is 3. The highest BCUT2D eigenvalue weighted by Crippen LogP contribution is 2.28. The van der Waals surface area contributed by atoms with Crippen LogP contribution in [0.1, 0.15) is 16.8 Å². The summed E-state index contributed by atoms with van der Waals surface area (Å²) in [5.74, 6) is -2.13. The van der Waals surface area contributed by atoms with Gasteiger partial charge in [0.15, 0.2) is 0 Å². The minimum atomic E-state index is -0.987. The van der Waals surface area contributed by atoms with Crippen molar-refractivity contribution in [1.82, 2.24) is 9.80 Å². The van der Waals surface area contributed by atoms with E-state index >= 15 is 0 Å². The molecular formula is C23H23BrFN3O4. The molecule has 2 fully saturated rings. The summed E-state index contributed by atoms with van der Waals surface area (Å²) in [6.07, 6.45) is -0.141. The number of benzene rings is 2. The Hall–Kier alpha value is -2.62. The fourth-order valence-electron chi connectivity index (χ4n) is 3.98. The molecular weight excluding hydrogens is 481 g/mol. The fourth-order valence-corrected chi connectivity index (χ4v) is 4.25. The SMILES string of the molecule is O=C1CC(N(CCN2CCOCC2)C(=O)c2ccccc2F)C(=O)N1c1ccc(Br)cc1. The van der Waals surface area contributed by atoms with Crippen molar-refractivity contribution in [1.29, 1.82) is 0 Å². The Morgan fingerprint density at radius 3 is 2.47 bits per heavy atom. The maximum absolute atomic E-state index is 14.4. The normalized spacial score (nSPS) is 19.4. The zero-order chi connectivity index (χ0) is 22.7. The van der Waals surface area contributed by atoms with Crippen LogP contribution >= 0.6 is 15.9 Å². The monoisotopic (exact) mass is 503 g/mol. The molecule has 0 spiro atoms. The Labute approximate surface area is 193 Å². The summed E-state index contributed by atoms with van der Waals surface area (Å²) in [5, 5.41) is 0. The van der Waals surface area contributed by atoms with Crippen LogP contribution in [0.3, 0.4) is 0 Å². The summed E-state index contributed by atoms with van der Waals surface area (Å²) in [6.45, 7) is 3.32. The van der Waals surface area contributed by atoms with Crippen molar-refractivity contribution in [2.45, 2.75) is 12.5 Å². The van der Waals surface area contributed by atoms with Crippen LogP contribution in [0.2, 0.25) is 0 Å². The molecule has 3 amide bonds. The Balaban J connectivity index is 1.60. The quantitative estimate of drug-likeness (QED) is 0.566. The molecule has 2 aromatic carbocycles. The summed E-state index contributed by atoms with van der Waals surface area (Å²) >= 11 is 3.34. The molecule has 1 atom stereocenters. The first-order valence-corrected chi connectivity index (χ1v) is 11.2. The van der Waals surface area contributed by atoms with E-state index < -0.39 is 23.7 Å². The van der Waals surface area contributed by atoms with Crippen molar-refractivity contribution in [2.75, 3.05) is 44.3 Å². The van der Waals surface area contributed by atoms with Gasteiger partial charge < -0.3 is 9.64 Å². The van der Waals surface area contributed by atoms with Crippen LogP contribution in [0.15, 0.2) is 53.0 Å². The van der Waals surface area contributed by atoms with Gasteiger partial charge in [-0.25, -0.2) is 9.29 Å². The second-order valence-corrected chi connectivity index (χ2v) is 8.61. The average molecular weight is 504 g/mol. The van der Waals surface area contributed by atoms with Gasteiger partial charge in [-0.3, -0.25) is 19.3 Å². The first-order chi connectivity index (χ1) is 15.5. The van der Waals surface area contributed by atoms with Crippen molar-refractivity contribution in [3.63, 3.8) is 0 Å². The molecule has 0 bridgehead atoms. The van der Waals surface area contributed by atoms with E-state index in [4.69, 9.17) is 4.74 Å². The highest BCUT2D eigenvalue weighted by molar-refractivity contribution is 9.10. The van der Waals surface area contributed by atoms with Gasteiger partial charge in [0.25, 0.3) is 11.8 Å². The molecule has 2 aliphatic rings. The van der Waals surface area contributed by atoms with Crippen molar-refractivity contribution in [3.8, 4) is 0 Å². The number of imide groups is 1. The molecule has 2 aliphatic heterocycles. The van der Waals surface area contributed by atoms with Crippen LogP contribution in [0.4, 0.5) is 10.1 Å². The summed E-state index contributed by atoms with van der Waals surface area (Å²) in [7, 11) is 0. The molecule has 1 unspecified atom stereocenters. The molecule has 4 rings (SSSR count). The van der Waals surface area contributed by atoms with Crippen molar-refractivity contribution in [2.24, 2.45) is 0 Å². The predicted molar refractivity (Wildman–Crippen MR) is 120 cm³/mol. The number of halogens is 2. The van der Waals surface area contributed by atoms with E-state index in [1.807, 2.05) is 0 Å². The van der Waals surface area contributed by atoms with Crippen LogP contribution < -0.4 is 4.90 Å². The number of nitrogens with zero attached hydrogens (tertiary/aromatic N) is 3. The lowest BCUT2D eigenvalue weighted by molar-refractivity contribution is -0.122. The summed E-state index contributed by atoms with van der Waals surface area (Å²) < 4.78 is 20.6. The van der Waals surface area contributed by atoms with Gasteiger partial charge in [0.2, 0.25) is 5.91 Å². The minimum Gasteiger partial charge on any atom is -0.379 e. The Bertz CT molecular complexity index is 1010. The number of amides is 3. The summed E-state index contributed by atoms with van der Waals surface area (Å²) in [6, 6.07) is 11.5. The van der Waals surface area contributed by atoms with E-state index in [2.05, 4.69) is 20.8 Å². The zero-order valence-corrected chi connectivity index (χ0v) is 19.0. The van der Waals surface area contributed by atoms with Crippen molar-refractivity contribution in [3.05, 3.63) is 64.4 Å². The maximum Gasteiger partial charge on any atom is 0.257 e. The lowest BCUT2D eigenvalue weighted by Gasteiger charge is -2.32. The maximum atomic E-state index is 14.4. The van der Waals surface area contributed by atoms with Crippen molar-refractivity contribution < 1.29 is 23.5 Å². The summed E-state index contributed by atoms with van der Waals surface area (Å²) in [5.41, 5.74) is 0.328. The van der Waals surface area contributed by atoms with E-state index in [9.17, 15) is 18.8 Å². The van der Waals surface area contributed by atoms with Gasteiger partial charge in [0, 0.05) is 30.7 Å². The largest absolute Gasteiger partial charge is 0.379 e. The minimum absolute atomic E-state index is 0.114. The number of carbonyl (C=O) groups is 3. The number of hydrogen-bond acceptors (Lipinski definition) is 5. The molecule has 2 aromatic rings. The Kier molecular flexibility index (Phi) is 6.98. The fraction of sp³-hybridized carbons (Fsp3) is 0.348. The van der Waals surface area contributed by atoms with E-state index in [-0.39, 0.29) is 24.4 Å². The lowest BCUT2D eigenvalue weighted by atomic mass is 10.1. The molecule has 168 valence electrons. The molecule has 2 heterocycles. The predicted octanol–water partition coefficient (Wildman–Crippen LogP) is 2.69. The second kappa shape index (κ2) is 9.89. The molecule has 0 N–H and O–H groups in total. The van der Waals surface area contributed by atoms with Crippen molar-refractivity contribution >= 4 is 39.3 Å². The van der Waals surface area contributed by atoms with Gasteiger partial charge in [0.05, 0.1) is 30.9 Å². The van der Waals surface area contributed by atoms with E-state index in [0.29, 0.717) is 38.5 Å². The van der Waals surface area contributed by atoms with Gasteiger partial charge >= 0.3 is 0 Å². The number of hydrogen-bond donors (Lipinski definition) is 0. The second-order valence-electron chi connectivity index (χ2n) is 7.70. The average Bonchev–Trinajstić information content (AvgIpc) is 3.09. The first-order valence-electron chi connectivity index (χ1n) is 10.4. The van der Waals surface area contributed by atoms with Gasteiger partial charge in [-0.1, -0.05) is 28.1 Å². The third kappa shape index (κ3) is 4.74. The van der Waals surface area contributed by atoms with Gasteiger partial charge in [-0.05, 0) is 36.4 Å². The molecule has 9 heteroatoms. The van der Waals surface area contributed by atoms with E-state index in [1.165, 1.54) is 23.1 Å². The Morgan fingerprint density at radius 1 is 1.09 bits per heavy atom. The van der Waals surface area contributed by atoms with Crippen LogP contribution in [0, 0.1) is 5.82 Å². The van der Waals surface area contributed by atoms with Crippen LogP contribution in [-0.2, 0) is 14.3 Å². The van der Waals surface area contributed by atoms with Crippen LogP contribution in [0.25, 0.3) is 0 Å². The molecule has 0 saturated carbocycles. The zero-order valence-electron chi connectivity index (χ0n) is 17.4. The molecule has 0 aliphatic carbocycles. The number of ether oxygens (including phenoxy) is 1. The number of rotatable bonds is 6. The molecule has 0 aromatic heterocycles. The smallest absolute Gasteiger partial charge is 0.257 e.